The molecule has 0 radical (unpaired) electrons. The highest BCUT2D eigenvalue weighted by molar-refractivity contribution is 5.27. The van der Waals surface area contributed by atoms with Gasteiger partial charge in [0.15, 0.2) is 23.3 Å². The number of benzene rings is 1. The summed E-state index contributed by atoms with van der Waals surface area (Å²) in [4.78, 5) is 0. The Kier molecular flexibility index (Phi) is 4.56. The lowest BCUT2D eigenvalue weighted by molar-refractivity contribution is 0.0523. The first kappa shape index (κ1) is 15.1. The molecule has 1 aliphatic rings. The molecule has 0 saturated carbocycles. The highest BCUT2D eigenvalue weighted by Crippen LogP contribution is 2.35. The summed E-state index contributed by atoms with van der Waals surface area (Å²) >= 11 is 0. The smallest absolute Gasteiger partial charge is 0.200 e. The van der Waals surface area contributed by atoms with Crippen molar-refractivity contribution in [3.63, 3.8) is 0 Å². The van der Waals surface area contributed by atoms with Crippen LogP contribution in [0.5, 0.6) is 0 Å². The van der Waals surface area contributed by atoms with Gasteiger partial charge in [-0.25, -0.2) is 22.0 Å². The fourth-order valence-electron chi connectivity index (χ4n) is 2.40. The van der Waals surface area contributed by atoms with Crippen LogP contribution in [0.3, 0.4) is 0 Å². The Morgan fingerprint density at radius 2 is 1.35 bits per heavy atom. The van der Waals surface area contributed by atoms with Gasteiger partial charge in [-0.1, -0.05) is 0 Å². The molecule has 3 N–H and O–H groups in total. The second-order valence-corrected chi connectivity index (χ2v) is 4.58. The molecule has 0 bridgehead atoms. The Morgan fingerprint density at radius 3 is 1.80 bits per heavy atom. The van der Waals surface area contributed by atoms with Gasteiger partial charge in [-0.3, -0.25) is 11.3 Å². The van der Waals surface area contributed by atoms with Crippen LogP contribution in [-0.4, -0.2) is 13.2 Å². The lowest BCUT2D eigenvalue weighted by Crippen LogP contribution is -2.37. The van der Waals surface area contributed by atoms with Crippen molar-refractivity contribution in [1.82, 2.24) is 5.43 Å². The number of ether oxygens (including phenoxy) is 1. The summed E-state index contributed by atoms with van der Waals surface area (Å²) < 4.78 is 72.0. The van der Waals surface area contributed by atoms with E-state index in [4.69, 9.17) is 10.6 Å². The maximum atomic E-state index is 13.7. The van der Waals surface area contributed by atoms with Gasteiger partial charge >= 0.3 is 0 Å². The number of hydrogen-bond donors (Lipinski definition) is 2. The minimum Gasteiger partial charge on any atom is -0.381 e. The first-order valence-electron chi connectivity index (χ1n) is 6.04. The van der Waals surface area contributed by atoms with Gasteiger partial charge in [0.05, 0.1) is 6.04 Å². The summed E-state index contributed by atoms with van der Waals surface area (Å²) in [5.74, 6) is -4.93. The summed E-state index contributed by atoms with van der Waals surface area (Å²) in [6.07, 6.45) is 0.822. The first-order chi connectivity index (χ1) is 9.49. The van der Waals surface area contributed by atoms with Crippen molar-refractivity contribution < 1.29 is 26.7 Å². The number of nitrogens with two attached hydrogens (primary N) is 1. The molecule has 1 aromatic rings. The molecule has 1 heterocycles. The highest BCUT2D eigenvalue weighted by atomic mass is 19.2. The van der Waals surface area contributed by atoms with Crippen molar-refractivity contribution in [1.29, 1.82) is 0 Å². The summed E-state index contributed by atoms with van der Waals surface area (Å²) in [5, 5.41) is 0. The lowest BCUT2D eigenvalue weighted by atomic mass is 9.86. The van der Waals surface area contributed by atoms with Crippen molar-refractivity contribution in [3.05, 3.63) is 34.6 Å². The molecule has 0 amide bonds. The van der Waals surface area contributed by atoms with E-state index in [0.29, 0.717) is 26.1 Å². The Labute approximate surface area is 111 Å². The van der Waals surface area contributed by atoms with Crippen LogP contribution in [0.25, 0.3) is 0 Å². The average molecular weight is 296 g/mol. The molecule has 1 aliphatic heterocycles. The van der Waals surface area contributed by atoms with Crippen LogP contribution in [0, 0.1) is 35.0 Å². The second-order valence-electron chi connectivity index (χ2n) is 4.58. The molecule has 1 fully saturated rings. The van der Waals surface area contributed by atoms with E-state index in [9.17, 15) is 22.0 Å². The number of nitrogens with one attached hydrogen (secondary N) is 1. The Hall–Kier alpha value is -1.25. The molecule has 1 aromatic carbocycles. The molecule has 0 aromatic heterocycles. The van der Waals surface area contributed by atoms with Gasteiger partial charge in [0.1, 0.15) is 0 Å². The molecular weight excluding hydrogens is 283 g/mol. The van der Waals surface area contributed by atoms with Crippen molar-refractivity contribution in [2.45, 2.75) is 18.9 Å². The third kappa shape index (κ3) is 2.50. The molecule has 1 atom stereocenters. The first-order valence-corrected chi connectivity index (χ1v) is 6.04. The molecule has 1 saturated heterocycles. The minimum atomic E-state index is -2.17. The third-order valence-electron chi connectivity index (χ3n) is 3.47. The standard InChI is InChI=1S/C12H13F5N2O/c13-7-6(8(14)10(16)11(17)9(7)15)12(19-18)5-1-3-20-4-2-5/h5,12,19H,1-4,18H2. The van der Waals surface area contributed by atoms with Crippen molar-refractivity contribution in [2.75, 3.05) is 13.2 Å². The topological polar surface area (TPSA) is 47.3 Å². The zero-order chi connectivity index (χ0) is 14.9. The molecule has 112 valence electrons. The number of hydrazine groups is 1. The van der Waals surface area contributed by atoms with Crippen LogP contribution >= 0.6 is 0 Å². The summed E-state index contributed by atoms with van der Waals surface area (Å²) in [5.41, 5.74) is 1.23. The van der Waals surface area contributed by atoms with E-state index in [1.54, 1.807) is 0 Å². The van der Waals surface area contributed by atoms with Crippen molar-refractivity contribution in [2.24, 2.45) is 11.8 Å². The summed E-state index contributed by atoms with van der Waals surface area (Å²) in [6, 6.07) is -1.16. The maximum absolute atomic E-state index is 13.7. The number of halogens is 5. The fraction of sp³-hybridized carbons (Fsp3) is 0.500. The molecule has 1 unspecified atom stereocenters. The molecule has 0 spiro atoms. The quantitative estimate of drug-likeness (QED) is 0.296. The zero-order valence-electron chi connectivity index (χ0n) is 10.4. The van der Waals surface area contributed by atoms with Gasteiger partial charge in [-0.15, -0.1) is 0 Å². The van der Waals surface area contributed by atoms with Gasteiger partial charge in [0.2, 0.25) is 5.82 Å². The van der Waals surface area contributed by atoms with Crippen LogP contribution in [0.15, 0.2) is 0 Å². The fourth-order valence-corrected chi connectivity index (χ4v) is 2.40. The Bertz CT molecular complexity index is 476. The highest BCUT2D eigenvalue weighted by Gasteiger charge is 2.34. The lowest BCUT2D eigenvalue weighted by Gasteiger charge is -2.30. The van der Waals surface area contributed by atoms with Crippen molar-refractivity contribution in [3.8, 4) is 0 Å². The van der Waals surface area contributed by atoms with Gasteiger partial charge in [-0.05, 0) is 18.8 Å². The largest absolute Gasteiger partial charge is 0.381 e. The van der Waals surface area contributed by atoms with E-state index < -0.39 is 40.7 Å². The monoisotopic (exact) mass is 296 g/mol. The molecule has 0 aliphatic carbocycles. The molecule has 8 heteroatoms. The normalized spacial score (nSPS) is 18.3. The second kappa shape index (κ2) is 6.02. The molecular formula is C12H13F5N2O. The van der Waals surface area contributed by atoms with Crippen LogP contribution in [0.4, 0.5) is 22.0 Å². The van der Waals surface area contributed by atoms with E-state index in [2.05, 4.69) is 5.43 Å². The van der Waals surface area contributed by atoms with Crippen LogP contribution in [0.2, 0.25) is 0 Å². The van der Waals surface area contributed by atoms with Crippen LogP contribution in [0.1, 0.15) is 24.4 Å². The molecule has 2 rings (SSSR count). The third-order valence-corrected chi connectivity index (χ3v) is 3.47. The van der Waals surface area contributed by atoms with E-state index in [-0.39, 0.29) is 5.92 Å². The van der Waals surface area contributed by atoms with Gasteiger partial charge in [-0.2, -0.15) is 0 Å². The van der Waals surface area contributed by atoms with Crippen LogP contribution in [-0.2, 0) is 4.74 Å². The average Bonchev–Trinajstić information content (AvgIpc) is 2.48. The summed E-state index contributed by atoms with van der Waals surface area (Å²) in [6.45, 7) is 0.691. The zero-order valence-corrected chi connectivity index (χ0v) is 10.4. The van der Waals surface area contributed by atoms with Gasteiger partial charge < -0.3 is 4.74 Å². The maximum Gasteiger partial charge on any atom is 0.200 e. The van der Waals surface area contributed by atoms with Crippen LogP contribution < -0.4 is 11.3 Å². The van der Waals surface area contributed by atoms with E-state index in [1.807, 2.05) is 0 Å². The summed E-state index contributed by atoms with van der Waals surface area (Å²) in [7, 11) is 0. The van der Waals surface area contributed by atoms with E-state index in [1.165, 1.54) is 0 Å². The molecule has 20 heavy (non-hydrogen) atoms. The predicted octanol–water partition coefficient (Wildman–Crippen LogP) is 2.31. The number of hydrogen-bond acceptors (Lipinski definition) is 3. The van der Waals surface area contributed by atoms with Gasteiger partial charge in [0.25, 0.3) is 0 Å². The van der Waals surface area contributed by atoms with Crippen molar-refractivity contribution >= 4 is 0 Å². The predicted molar refractivity (Wildman–Crippen MR) is 59.8 cm³/mol. The minimum absolute atomic E-state index is 0.345. The SMILES string of the molecule is NNC(c1c(F)c(F)c(F)c(F)c1F)C1CCOCC1. The van der Waals surface area contributed by atoms with E-state index >= 15 is 0 Å². The Balaban J connectivity index is 2.48. The molecule has 3 nitrogen and oxygen atoms in total. The number of rotatable bonds is 3. The Morgan fingerprint density at radius 1 is 0.900 bits per heavy atom. The van der Waals surface area contributed by atoms with Gasteiger partial charge in [0, 0.05) is 18.8 Å². The van der Waals surface area contributed by atoms with E-state index in [0.717, 1.165) is 0 Å².